The first-order valence-corrected chi connectivity index (χ1v) is 8.34. The van der Waals surface area contributed by atoms with Gasteiger partial charge < -0.3 is 0 Å². The van der Waals surface area contributed by atoms with E-state index in [1.54, 1.807) is 0 Å². The van der Waals surface area contributed by atoms with Gasteiger partial charge in [0.1, 0.15) is 0 Å². The topological polar surface area (TPSA) is 75.6 Å². The van der Waals surface area contributed by atoms with E-state index in [2.05, 4.69) is 17.5 Å². The lowest BCUT2D eigenvalue weighted by atomic mass is 9.89. The van der Waals surface area contributed by atoms with Gasteiger partial charge in [0.15, 0.2) is 9.84 Å². The number of hydrazone groups is 1. The molecule has 1 saturated carbocycles. The number of carbonyl (C=O) groups is 1. The lowest BCUT2D eigenvalue weighted by Gasteiger charge is -2.19. The molecule has 5 nitrogen and oxygen atoms in total. The van der Waals surface area contributed by atoms with Crippen molar-refractivity contribution in [1.82, 2.24) is 5.43 Å². The highest BCUT2D eigenvalue weighted by molar-refractivity contribution is 7.91. The minimum absolute atomic E-state index is 0.0277. The van der Waals surface area contributed by atoms with Crippen LogP contribution in [0.25, 0.3) is 0 Å². The summed E-state index contributed by atoms with van der Waals surface area (Å²) in [6, 6.07) is 0. The van der Waals surface area contributed by atoms with Crippen LogP contribution in [0.3, 0.4) is 0 Å². The number of amides is 1. The van der Waals surface area contributed by atoms with Crippen LogP contribution in [-0.4, -0.2) is 31.5 Å². The van der Waals surface area contributed by atoms with Crippen LogP contribution in [0.5, 0.6) is 0 Å². The summed E-state index contributed by atoms with van der Waals surface area (Å²) in [5.74, 6) is 0.0575. The summed E-state index contributed by atoms with van der Waals surface area (Å²) in [5.41, 5.74) is 3.57. The van der Waals surface area contributed by atoms with Crippen molar-refractivity contribution < 1.29 is 13.2 Å². The molecule has 1 amide bonds. The van der Waals surface area contributed by atoms with Gasteiger partial charge in [0.25, 0.3) is 0 Å². The van der Waals surface area contributed by atoms with Gasteiger partial charge >= 0.3 is 0 Å². The molecule has 18 heavy (non-hydrogen) atoms. The van der Waals surface area contributed by atoms with Crippen molar-refractivity contribution in [2.24, 2.45) is 16.9 Å². The minimum atomic E-state index is -3.00. The van der Waals surface area contributed by atoms with Crippen molar-refractivity contribution >= 4 is 21.5 Å². The van der Waals surface area contributed by atoms with E-state index in [0.717, 1.165) is 25.0 Å². The molecule has 1 aliphatic heterocycles. The molecule has 0 aromatic carbocycles. The molecule has 0 unspecified atom stereocenters. The van der Waals surface area contributed by atoms with Crippen LogP contribution in [0, 0.1) is 11.8 Å². The van der Waals surface area contributed by atoms with Crippen molar-refractivity contribution in [3.8, 4) is 0 Å². The number of nitrogens with one attached hydrogen (secondary N) is 1. The van der Waals surface area contributed by atoms with Gasteiger partial charge in [-0.15, -0.1) is 0 Å². The van der Waals surface area contributed by atoms with Crippen LogP contribution >= 0.6 is 0 Å². The van der Waals surface area contributed by atoms with Gasteiger partial charge in [-0.25, -0.2) is 13.8 Å². The highest BCUT2D eigenvalue weighted by Crippen LogP contribution is 2.21. The molecule has 2 fully saturated rings. The second-order valence-electron chi connectivity index (χ2n) is 5.46. The summed E-state index contributed by atoms with van der Waals surface area (Å²) in [7, 11) is -3.00. The SMILES string of the molecule is C[C@@H]1CCC/C(=N\NC(=O)[C@@H]2CCS(=O)(=O)C2)C1. The fraction of sp³-hybridized carbons (Fsp3) is 0.833. The Kier molecular flexibility index (Phi) is 4.04. The van der Waals surface area contributed by atoms with Gasteiger partial charge in [0.2, 0.25) is 5.91 Å². The number of hydrogen-bond donors (Lipinski definition) is 1. The molecule has 2 aliphatic rings. The molecule has 0 spiro atoms. The van der Waals surface area contributed by atoms with Crippen LogP contribution < -0.4 is 5.43 Å². The fourth-order valence-electron chi connectivity index (χ4n) is 2.59. The second kappa shape index (κ2) is 5.38. The highest BCUT2D eigenvalue weighted by Gasteiger charge is 2.32. The van der Waals surface area contributed by atoms with Crippen LogP contribution in [0.4, 0.5) is 0 Å². The summed E-state index contributed by atoms with van der Waals surface area (Å²) in [5, 5.41) is 4.15. The molecular weight excluding hydrogens is 252 g/mol. The van der Waals surface area contributed by atoms with Crippen molar-refractivity contribution in [2.45, 2.75) is 39.0 Å². The minimum Gasteiger partial charge on any atom is -0.273 e. The van der Waals surface area contributed by atoms with E-state index >= 15 is 0 Å². The molecule has 102 valence electrons. The summed E-state index contributed by atoms with van der Waals surface area (Å²) in [6.07, 6.45) is 4.63. The second-order valence-corrected chi connectivity index (χ2v) is 7.68. The first-order valence-electron chi connectivity index (χ1n) is 6.52. The summed E-state index contributed by atoms with van der Waals surface area (Å²) >= 11 is 0. The number of sulfone groups is 1. The Hall–Kier alpha value is -0.910. The zero-order valence-corrected chi connectivity index (χ0v) is 11.5. The standard InChI is InChI=1S/C12H20N2O3S/c1-9-3-2-4-11(7-9)13-14-12(15)10-5-6-18(16,17)8-10/h9-10H,2-8H2,1H3,(H,14,15)/b13-11+/t9-,10-/m1/s1. The van der Waals surface area contributed by atoms with Crippen molar-refractivity contribution in [2.75, 3.05) is 11.5 Å². The Morgan fingerprint density at radius 2 is 2.17 bits per heavy atom. The first kappa shape index (κ1) is 13.5. The first-order chi connectivity index (χ1) is 8.46. The predicted octanol–water partition coefficient (Wildman–Crippen LogP) is 1.10. The number of hydrogen-bond acceptors (Lipinski definition) is 4. The van der Waals surface area contributed by atoms with Gasteiger partial charge in [-0.3, -0.25) is 4.79 Å². The largest absolute Gasteiger partial charge is 0.273 e. The molecule has 0 radical (unpaired) electrons. The van der Waals surface area contributed by atoms with Crippen LogP contribution in [0.1, 0.15) is 39.0 Å². The predicted molar refractivity (Wildman–Crippen MR) is 70.0 cm³/mol. The molecule has 2 atom stereocenters. The number of carbonyl (C=O) groups excluding carboxylic acids is 1. The van der Waals surface area contributed by atoms with Gasteiger partial charge in [0, 0.05) is 5.71 Å². The normalized spacial score (nSPS) is 33.5. The van der Waals surface area contributed by atoms with Gasteiger partial charge in [-0.1, -0.05) is 6.92 Å². The van der Waals surface area contributed by atoms with Crippen molar-refractivity contribution in [3.05, 3.63) is 0 Å². The Morgan fingerprint density at radius 3 is 2.78 bits per heavy atom. The average molecular weight is 272 g/mol. The number of nitrogens with zero attached hydrogens (tertiary/aromatic N) is 1. The van der Waals surface area contributed by atoms with Crippen LogP contribution in [-0.2, 0) is 14.6 Å². The van der Waals surface area contributed by atoms with E-state index in [1.165, 1.54) is 6.42 Å². The summed E-state index contributed by atoms with van der Waals surface area (Å²) in [6.45, 7) is 2.18. The molecule has 0 aromatic rings. The average Bonchev–Trinajstić information content (AvgIpc) is 2.67. The summed E-state index contributed by atoms with van der Waals surface area (Å²) < 4.78 is 22.6. The third-order valence-corrected chi connectivity index (χ3v) is 5.44. The maximum atomic E-state index is 11.8. The summed E-state index contributed by atoms with van der Waals surface area (Å²) in [4.78, 5) is 11.8. The van der Waals surface area contributed by atoms with Crippen molar-refractivity contribution in [1.29, 1.82) is 0 Å². The van der Waals surface area contributed by atoms with E-state index < -0.39 is 15.8 Å². The molecule has 0 aromatic heterocycles. The highest BCUT2D eigenvalue weighted by atomic mass is 32.2. The third kappa shape index (κ3) is 3.54. The quantitative estimate of drug-likeness (QED) is 0.765. The molecule has 0 bridgehead atoms. The third-order valence-electron chi connectivity index (χ3n) is 3.67. The molecule has 2 rings (SSSR count). The van der Waals surface area contributed by atoms with E-state index in [0.29, 0.717) is 12.3 Å². The lowest BCUT2D eigenvalue weighted by molar-refractivity contribution is -0.124. The van der Waals surface area contributed by atoms with E-state index in [9.17, 15) is 13.2 Å². The van der Waals surface area contributed by atoms with Crippen LogP contribution in [0.2, 0.25) is 0 Å². The molecule has 1 aliphatic carbocycles. The van der Waals surface area contributed by atoms with Crippen LogP contribution in [0.15, 0.2) is 5.10 Å². The monoisotopic (exact) mass is 272 g/mol. The van der Waals surface area contributed by atoms with E-state index in [4.69, 9.17) is 0 Å². The smallest absolute Gasteiger partial charge is 0.244 e. The maximum absolute atomic E-state index is 11.8. The molecule has 6 heteroatoms. The molecule has 1 saturated heterocycles. The fourth-order valence-corrected chi connectivity index (χ4v) is 4.33. The Labute approximate surface area is 108 Å². The van der Waals surface area contributed by atoms with Gasteiger partial charge in [0.05, 0.1) is 17.4 Å². The number of rotatable bonds is 2. The van der Waals surface area contributed by atoms with Gasteiger partial charge in [-0.2, -0.15) is 5.10 Å². The Bertz CT molecular complexity index is 456. The molecular formula is C12H20N2O3S. The molecule has 1 N–H and O–H groups in total. The maximum Gasteiger partial charge on any atom is 0.244 e. The Balaban J connectivity index is 1.86. The Morgan fingerprint density at radius 1 is 1.39 bits per heavy atom. The van der Waals surface area contributed by atoms with Gasteiger partial charge in [-0.05, 0) is 38.0 Å². The van der Waals surface area contributed by atoms with E-state index in [-0.39, 0.29) is 17.4 Å². The zero-order chi connectivity index (χ0) is 13.2. The zero-order valence-electron chi connectivity index (χ0n) is 10.7. The lowest BCUT2D eigenvalue weighted by Crippen LogP contribution is -2.29. The van der Waals surface area contributed by atoms with Crippen molar-refractivity contribution in [3.63, 3.8) is 0 Å². The molecule has 1 heterocycles. The van der Waals surface area contributed by atoms with E-state index in [1.807, 2.05) is 0 Å².